The van der Waals surface area contributed by atoms with Crippen LogP contribution in [0.1, 0.15) is 43.2 Å². The molecule has 0 unspecified atom stereocenters. The first-order valence-electron chi connectivity index (χ1n) is 8.65. The maximum Gasteiger partial charge on any atom is 0.335 e. The van der Waals surface area contributed by atoms with Crippen molar-refractivity contribution in [1.82, 2.24) is 4.57 Å². The molecule has 1 heterocycles. The molecular weight excluding hydrogens is 370 g/mol. The van der Waals surface area contributed by atoms with Gasteiger partial charge in [-0.15, -0.1) is 0 Å². The summed E-state index contributed by atoms with van der Waals surface area (Å²) in [5, 5.41) is 27.5. The molecule has 0 fully saturated rings. The minimum atomic E-state index is -1.19. The topological polar surface area (TPSA) is 116 Å². The number of aromatic nitrogens is 1. The van der Waals surface area contributed by atoms with E-state index in [2.05, 4.69) is 11.1 Å². The molecule has 0 aliphatic carbocycles. The molecule has 7 heteroatoms. The minimum absolute atomic E-state index is 0.0970. The lowest BCUT2D eigenvalue weighted by Crippen LogP contribution is -2.07. The van der Waals surface area contributed by atoms with Crippen LogP contribution < -0.4 is 0 Å². The number of carbonyl (C=O) groups is 2. The van der Waals surface area contributed by atoms with Crippen molar-refractivity contribution in [2.45, 2.75) is 13.8 Å². The average molecular weight is 387 g/mol. The summed E-state index contributed by atoms with van der Waals surface area (Å²) in [6.45, 7) is 3.70. The molecule has 29 heavy (non-hydrogen) atoms. The van der Waals surface area contributed by atoms with E-state index in [0.717, 1.165) is 23.0 Å². The Morgan fingerprint density at radius 2 is 1.59 bits per heavy atom. The van der Waals surface area contributed by atoms with Crippen LogP contribution in [0.5, 0.6) is 0 Å². The van der Waals surface area contributed by atoms with Gasteiger partial charge in [-0.2, -0.15) is 5.26 Å². The molecule has 0 aliphatic rings. The van der Waals surface area contributed by atoms with Gasteiger partial charge in [0.05, 0.1) is 28.4 Å². The fourth-order valence-corrected chi connectivity index (χ4v) is 3.07. The Balaban J connectivity index is 2.03. The minimum Gasteiger partial charge on any atom is -0.478 e. The van der Waals surface area contributed by atoms with Crippen LogP contribution in [0.25, 0.3) is 5.69 Å². The Bertz CT molecular complexity index is 1150. The molecule has 0 saturated carbocycles. The zero-order valence-corrected chi connectivity index (χ0v) is 15.7. The van der Waals surface area contributed by atoms with E-state index < -0.39 is 11.9 Å². The second kappa shape index (κ2) is 7.82. The number of carboxylic acid groups (broad SMARTS) is 2. The van der Waals surface area contributed by atoms with E-state index in [9.17, 15) is 19.8 Å². The van der Waals surface area contributed by atoms with Gasteiger partial charge in [-0.3, -0.25) is 4.99 Å². The summed E-state index contributed by atoms with van der Waals surface area (Å²) in [6.07, 6.45) is 1.68. The van der Waals surface area contributed by atoms with Crippen LogP contribution in [0.2, 0.25) is 0 Å². The zero-order valence-electron chi connectivity index (χ0n) is 15.7. The van der Waals surface area contributed by atoms with Crippen LogP contribution in [0.4, 0.5) is 5.69 Å². The van der Waals surface area contributed by atoms with Gasteiger partial charge < -0.3 is 14.8 Å². The molecule has 7 nitrogen and oxygen atoms in total. The van der Waals surface area contributed by atoms with Crippen LogP contribution in [-0.4, -0.2) is 32.9 Å². The third-order valence-corrected chi connectivity index (χ3v) is 4.49. The van der Waals surface area contributed by atoms with Gasteiger partial charge in [0.15, 0.2) is 0 Å². The lowest BCUT2D eigenvalue weighted by molar-refractivity contribution is 0.0696. The van der Waals surface area contributed by atoms with E-state index in [4.69, 9.17) is 5.26 Å². The predicted molar refractivity (Wildman–Crippen MR) is 108 cm³/mol. The van der Waals surface area contributed by atoms with Crippen LogP contribution in [0.15, 0.2) is 53.5 Å². The second-order valence-electron chi connectivity index (χ2n) is 6.46. The first kappa shape index (κ1) is 19.6. The monoisotopic (exact) mass is 387 g/mol. The number of benzene rings is 2. The number of hydrogen-bond acceptors (Lipinski definition) is 4. The molecule has 2 N–H and O–H groups in total. The Morgan fingerprint density at radius 1 is 1.00 bits per heavy atom. The SMILES string of the molecule is Cc1cc(C=Nc2ccc(C#N)cc2)c(C)n1-c1cc(C(=O)O)cc(C(=O)O)c1. The number of aromatic carboxylic acids is 2. The second-order valence-corrected chi connectivity index (χ2v) is 6.46. The Hall–Kier alpha value is -4.18. The van der Waals surface area contributed by atoms with Gasteiger partial charge in [0.25, 0.3) is 0 Å². The fourth-order valence-electron chi connectivity index (χ4n) is 3.07. The number of nitrogens with zero attached hydrogens (tertiary/aromatic N) is 3. The van der Waals surface area contributed by atoms with E-state index in [-0.39, 0.29) is 11.1 Å². The first-order valence-corrected chi connectivity index (χ1v) is 8.65. The van der Waals surface area contributed by atoms with Crippen molar-refractivity contribution in [3.05, 3.63) is 82.2 Å². The lowest BCUT2D eigenvalue weighted by Gasteiger charge is -2.12. The summed E-state index contributed by atoms with van der Waals surface area (Å²) in [4.78, 5) is 27.2. The number of rotatable bonds is 5. The van der Waals surface area contributed by atoms with E-state index in [1.807, 2.05) is 19.9 Å². The zero-order chi connectivity index (χ0) is 21.1. The molecule has 2 aromatic carbocycles. The van der Waals surface area contributed by atoms with Crippen LogP contribution in [0.3, 0.4) is 0 Å². The van der Waals surface area contributed by atoms with Crippen LogP contribution in [0, 0.1) is 25.2 Å². The molecule has 0 radical (unpaired) electrons. The highest BCUT2D eigenvalue weighted by Crippen LogP contribution is 2.23. The highest BCUT2D eigenvalue weighted by Gasteiger charge is 2.15. The van der Waals surface area contributed by atoms with E-state index >= 15 is 0 Å². The molecular formula is C22H17N3O4. The molecule has 1 aromatic heterocycles. The molecule has 144 valence electrons. The van der Waals surface area contributed by atoms with Crippen molar-refractivity contribution in [3.8, 4) is 11.8 Å². The van der Waals surface area contributed by atoms with Gasteiger partial charge in [0.2, 0.25) is 0 Å². The standard InChI is InChI=1S/C22H17N3O4/c1-13-7-18(12-24-19-5-3-15(11-23)4-6-19)14(2)25(13)20-9-16(21(26)27)8-17(10-20)22(28)29/h3-10,12H,1-2H3,(H,26,27)(H,28,29). The average Bonchev–Trinajstić information content (AvgIpc) is 2.99. The van der Waals surface area contributed by atoms with Gasteiger partial charge in [-0.25, -0.2) is 9.59 Å². The maximum absolute atomic E-state index is 11.4. The largest absolute Gasteiger partial charge is 0.478 e. The van der Waals surface area contributed by atoms with E-state index in [0.29, 0.717) is 16.9 Å². The molecule has 0 amide bonds. The Morgan fingerprint density at radius 3 is 2.10 bits per heavy atom. The van der Waals surface area contributed by atoms with Crippen molar-refractivity contribution in [2.75, 3.05) is 0 Å². The van der Waals surface area contributed by atoms with Crippen molar-refractivity contribution < 1.29 is 19.8 Å². The van der Waals surface area contributed by atoms with E-state index in [1.165, 1.54) is 12.1 Å². The van der Waals surface area contributed by atoms with Crippen molar-refractivity contribution in [2.24, 2.45) is 4.99 Å². The number of hydrogen-bond donors (Lipinski definition) is 2. The highest BCUT2D eigenvalue weighted by molar-refractivity contribution is 5.95. The van der Waals surface area contributed by atoms with Crippen molar-refractivity contribution in [3.63, 3.8) is 0 Å². The van der Waals surface area contributed by atoms with Gasteiger partial charge in [-0.05, 0) is 62.4 Å². The van der Waals surface area contributed by atoms with Crippen LogP contribution in [-0.2, 0) is 0 Å². The highest BCUT2D eigenvalue weighted by atomic mass is 16.4. The molecule has 0 saturated heterocycles. The van der Waals surface area contributed by atoms with Gasteiger partial charge in [0, 0.05) is 28.9 Å². The van der Waals surface area contributed by atoms with E-state index in [1.54, 1.807) is 35.0 Å². The third kappa shape index (κ3) is 4.06. The van der Waals surface area contributed by atoms with Gasteiger partial charge in [-0.1, -0.05) is 0 Å². The summed E-state index contributed by atoms with van der Waals surface area (Å²) in [5.74, 6) is -2.39. The Kier molecular flexibility index (Phi) is 5.28. The summed E-state index contributed by atoms with van der Waals surface area (Å²) in [5.41, 5.74) is 3.91. The summed E-state index contributed by atoms with van der Waals surface area (Å²) in [7, 11) is 0. The molecule has 3 aromatic rings. The summed E-state index contributed by atoms with van der Waals surface area (Å²) < 4.78 is 1.79. The third-order valence-electron chi connectivity index (χ3n) is 4.49. The quantitative estimate of drug-likeness (QED) is 0.639. The predicted octanol–water partition coefficient (Wildman–Crippen LogP) is 4.11. The number of aryl methyl sites for hydroxylation is 1. The van der Waals surface area contributed by atoms with Crippen molar-refractivity contribution >= 4 is 23.8 Å². The van der Waals surface area contributed by atoms with Gasteiger partial charge in [0.1, 0.15) is 0 Å². The maximum atomic E-state index is 11.4. The lowest BCUT2D eigenvalue weighted by atomic mass is 10.1. The summed E-state index contributed by atoms with van der Waals surface area (Å²) in [6, 6.07) is 14.8. The smallest absolute Gasteiger partial charge is 0.335 e. The molecule has 0 atom stereocenters. The number of nitriles is 1. The Labute approximate surface area is 166 Å². The molecule has 3 rings (SSSR count). The first-order chi connectivity index (χ1) is 13.8. The molecule has 0 spiro atoms. The summed E-state index contributed by atoms with van der Waals surface area (Å²) >= 11 is 0. The van der Waals surface area contributed by atoms with Crippen molar-refractivity contribution in [1.29, 1.82) is 5.26 Å². The molecule has 0 aliphatic heterocycles. The molecule has 0 bridgehead atoms. The number of aliphatic imine (C=N–C) groups is 1. The van der Waals surface area contributed by atoms with Crippen LogP contribution >= 0.6 is 0 Å². The number of carboxylic acids is 2. The normalized spacial score (nSPS) is 10.8. The van der Waals surface area contributed by atoms with Gasteiger partial charge >= 0.3 is 11.9 Å². The fraction of sp³-hybridized carbons (Fsp3) is 0.0909.